The minimum atomic E-state index is 1.09. The molecule has 0 aliphatic rings. The summed E-state index contributed by atoms with van der Waals surface area (Å²) in [5, 5.41) is 7.60. The molecule has 3 heteroatoms. The minimum absolute atomic E-state index is 1.09. The summed E-state index contributed by atoms with van der Waals surface area (Å²) >= 11 is 1.86. The fraction of sp³-hybridized carbons (Fsp3) is 0. The summed E-state index contributed by atoms with van der Waals surface area (Å²) in [7, 11) is 0. The van der Waals surface area contributed by atoms with E-state index in [1.165, 1.54) is 86.1 Å². The van der Waals surface area contributed by atoms with E-state index >= 15 is 0 Å². The molecule has 2 nitrogen and oxygen atoms in total. The Labute approximate surface area is 358 Å². The number of para-hydroxylation sites is 2. The van der Waals surface area contributed by atoms with Crippen LogP contribution in [0, 0.1) is 0 Å². The third-order valence-corrected chi connectivity index (χ3v) is 13.3. The molecule has 0 radical (unpaired) electrons. The highest BCUT2D eigenvalue weighted by atomic mass is 32.1. The van der Waals surface area contributed by atoms with Gasteiger partial charge in [-0.2, -0.15) is 0 Å². The summed E-state index contributed by atoms with van der Waals surface area (Å²) < 4.78 is 4.97. The second-order valence-corrected chi connectivity index (χ2v) is 16.8. The first-order chi connectivity index (χ1) is 30.2. The van der Waals surface area contributed by atoms with Gasteiger partial charge in [-0.05, 0) is 99.3 Å². The molecule has 286 valence electrons. The van der Waals surface area contributed by atoms with Crippen molar-refractivity contribution in [1.29, 1.82) is 0 Å². The number of nitrogens with zero attached hydrogens (tertiary/aromatic N) is 2. The maximum Gasteiger partial charge on any atom is 0.0546 e. The van der Waals surface area contributed by atoms with Gasteiger partial charge in [0.1, 0.15) is 0 Å². The number of rotatable bonds is 7. The first-order valence-electron chi connectivity index (χ1n) is 20.8. The molecule has 2 aromatic heterocycles. The Morgan fingerprint density at radius 1 is 0.328 bits per heavy atom. The van der Waals surface area contributed by atoms with Crippen molar-refractivity contribution in [2.75, 3.05) is 4.90 Å². The van der Waals surface area contributed by atoms with Crippen LogP contribution in [0.2, 0.25) is 0 Å². The lowest BCUT2D eigenvalue weighted by atomic mass is 9.94. The summed E-state index contributed by atoms with van der Waals surface area (Å²) in [4.78, 5) is 2.46. The summed E-state index contributed by atoms with van der Waals surface area (Å²) in [6.45, 7) is 0. The van der Waals surface area contributed by atoms with Crippen LogP contribution in [0.4, 0.5) is 17.1 Å². The number of hydrogen-bond donors (Lipinski definition) is 0. The monoisotopic (exact) mass is 794 g/mol. The van der Waals surface area contributed by atoms with Crippen LogP contribution < -0.4 is 4.90 Å². The molecule has 0 fully saturated rings. The van der Waals surface area contributed by atoms with Crippen LogP contribution in [-0.2, 0) is 0 Å². The zero-order chi connectivity index (χ0) is 40.3. The molecule has 0 N–H and O–H groups in total. The minimum Gasteiger partial charge on any atom is -0.310 e. The van der Waals surface area contributed by atoms with Crippen molar-refractivity contribution in [3.8, 4) is 39.1 Å². The molecule has 12 aromatic rings. The summed E-state index contributed by atoms with van der Waals surface area (Å²) in [6.07, 6.45) is 0. The molecule has 0 bridgehead atoms. The standard InChI is InChI=1S/C58H38N2S/c1-2-14-41(15-3-1)49-34-30-43(48-24-13-17-40-16-4-5-20-47(40)48)37-56(49)59(46-33-35-53-52-23-8-11-27-57(52)61-58(53)38-46)44-31-28-39(29-32-44)42-18-12-19-45(36-42)60-54-25-9-6-21-50(54)51-22-7-10-26-55(51)60/h1-38H. The maximum atomic E-state index is 2.46. The van der Waals surface area contributed by atoms with E-state index < -0.39 is 0 Å². The number of anilines is 3. The molecule has 61 heavy (non-hydrogen) atoms. The van der Waals surface area contributed by atoms with Crippen molar-refractivity contribution in [2.24, 2.45) is 0 Å². The second kappa shape index (κ2) is 14.5. The Morgan fingerprint density at radius 3 is 1.74 bits per heavy atom. The lowest BCUT2D eigenvalue weighted by Crippen LogP contribution is -2.11. The van der Waals surface area contributed by atoms with E-state index in [0.29, 0.717) is 0 Å². The van der Waals surface area contributed by atoms with Gasteiger partial charge >= 0.3 is 0 Å². The van der Waals surface area contributed by atoms with Crippen molar-refractivity contribution < 1.29 is 0 Å². The lowest BCUT2D eigenvalue weighted by Gasteiger charge is -2.29. The summed E-state index contributed by atoms with van der Waals surface area (Å²) in [5.41, 5.74) is 14.0. The Morgan fingerprint density at radius 2 is 0.934 bits per heavy atom. The molecule has 10 aromatic carbocycles. The second-order valence-electron chi connectivity index (χ2n) is 15.7. The SMILES string of the molecule is c1ccc(-c2ccc(-c3cccc4ccccc34)cc2N(c2ccc(-c3cccc(-n4c5ccccc5c5ccccc54)c3)cc2)c2ccc3c(c2)sc2ccccc23)cc1. The molecule has 2 heterocycles. The zero-order valence-corrected chi connectivity index (χ0v) is 34.1. The van der Waals surface area contributed by atoms with Crippen molar-refractivity contribution in [3.05, 3.63) is 231 Å². The number of fused-ring (bicyclic) bond motifs is 7. The van der Waals surface area contributed by atoms with Crippen molar-refractivity contribution in [3.63, 3.8) is 0 Å². The first kappa shape index (κ1) is 35.2. The van der Waals surface area contributed by atoms with Gasteiger partial charge in [0.05, 0.1) is 16.7 Å². The fourth-order valence-electron chi connectivity index (χ4n) is 9.33. The highest BCUT2D eigenvalue weighted by molar-refractivity contribution is 7.25. The Kier molecular flexibility index (Phi) is 8.39. The summed E-state index contributed by atoms with van der Waals surface area (Å²) in [5.74, 6) is 0. The predicted molar refractivity (Wildman–Crippen MR) is 262 cm³/mol. The average Bonchev–Trinajstić information content (AvgIpc) is 3.87. The average molecular weight is 795 g/mol. The zero-order valence-electron chi connectivity index (χ0n) is 33.2. The van der Waals surface area contributed by atoms with E-state index in [2.05, 4.69) is 240 Å². The van der Waals surface area contributed by atoms with Gasteiger partial charge in [0, 0.05) is 53.6 Å². The molecule has 0 aliphatic carbocycles. The quantitative estimate of drug-likeness (QED) is 0.156. The third kappa shape index (κ3) is 6.01. The predicted octanol–water partition coefficient (Wildman–Crippen LogP) is 16.8. The van der Waals surface area contributed by atoms with Gasteiger partial charge in [0.25, 0.3) is 0 Å². The van der Waals surface area contributed by atoms with Gasteiger partial charge in [0.2, 0.25) is 0 Å². The van der Waals surface area contributed by atoms with Gasteiger partial charge in [-0.25, -0.2) is 0 Å². The van der Waals surface area contributed by atoms with E-state index in [4.69, 9.17) is 0 Å². The van der Waals surface area contributed by atoms with Crippen LogP contribution in [-0.4, -0.2) is 4.57 Å². The molecule has 0 saturated carbocycles. The van der Waals surface area contributed by atoms with E-state index in [1.54, 1.807) is 0 Å². The highest BCUT2D eigenvalue weighted by Crippen LogP contribution is 2.46. The molecular weight excluding hydrogens is 757 g/mol. The Hall–Kier alpha value is -7.72. The molecule has 0 aliphatic heterocycles. The molecule has 0 saturated heterocycles. The highest BCUT2D eigenvalue weighted by Gasteiger charge is 2.21. The maximum absolute atomic E-state index is 2.46. The number of hydrogen-bond acceptors (Lipinski definition) is 2. The largest absolute Gasteiger partial charge is 0.310 e. The first-order valence-corrected chi connectivity index (χ1v) is 21.6. The normalized spacial score (nSPS) is 11.6. The fourth-order valence-corrected chi connectivity index (χ4v) is 10.5. The van der Waals surface area contributed by atoms with Gasteiger partial charge in [-0.1, -0.05) is 170 Å². The molecule has 0 unspecified atom stereocenters. The van der Waals surface area contributed by atoms with Crippen molar-refractivity contribution in [2.45, 2.75) is 0 Å². The molecule has 0 amide bonds. The smallest absolute Gasteiger partial charge is 0.0546 e. The van der Waals surface area contributed by atoms with E-state index in [-0.39, 0.29) is 0 Å². The van der Waals surface area contributed by atoms with Crippen molar-refractivity contribution in [1.82, 2.24) is 4.57 Å². The molecular formula is C58H38N2S. The Bertz CT molecular complexity index is 3540. The van der Waals surface area contributed by atoms with Crippen molar-refractivity contribution >= 4 is 81.1 Å². The number of aromatic nitrogens is 1. The topological polar surface area (TPSA) is 8.17 Å². The van der Waals surface area contributed by atoms with E-state index in [9.17, 15) is 0 Å². The summed E-state index contributed by atoms with van der Waals surface area (Å²) in [6, 6.07) is 84.3. The van der Waals surface area contributed by atoms with E-state index in [1.807, 2.05) is 11.3 Å². The Balaban J connectivity index is 1.04. The van der Waals surface area contributed by atoms with Crippen LogP contribution in [0.15, 0.2) is 231 Å². The molecule has 12 rings (SSSR count). The number of benzene rings is 10. The van der Waals surface area contributed by atoms with Gasteiger partial charge in [-0.3, -0.25) is 0 Å². The van der Waals surface area contributed by atoms with E-state index in [0.717, 1.165) is 22.7 Å². The number of thiophene rings is 1. The van der Waals surface area contributed by atoms with Gasteiger partial charge in [0.15, 0.2) is 0 Å². The van der Waals surface area contributed by atoms with Crippen LogP contribution in [0.3, 0.4) is 0 Å². The van der Waals surface area contributed by atoms with Crippen LogP contribution in [0.1, 0.15) is 0 Å². The molecule has 0 atom stereocenters. The van der Waals surface area contributed by atoms with Crippen LogP contribution in [0.5, 0.6) is 0 Å². The third-order valence-electron chi connectivity index (χ3n) is 12.2. The van der Waals surface area contributed by atoms with Crippen LogP contribution in [0.25, 0.3) is 91.8 Å². The van der Waals surface area contributed by atoms with Gasteiger partial charge in [-0.15, -0.1) is 11.3 Å². The van der Waals surface area contributed by atoms with Crippen LogP contribution >= 0.6 is 11.3 Å². The van der Waals surface area contributed by atoms with Gasteiger partial charge < -0.3 is 9.47 Å². The molecule has 0 spiro atoms. The lowest BCUT2D eigenvalue weighted by molar-refractivity contribution is 1.18.